The number of likely N-dealkylation sites (tertiary alicyclic amines) is 1. The van der Waals surface area contributed by atoms with Crippen LogP contribution in [0.3, 0.4) is 0 Å². The maximum absolute atomic E-state index is 13.3. The van der Waals surface area contributed by atoms with Gasteiger partial charge in [0.1, 0.15) is 5.82 Å². The van der Waals surface area contributed by atoms with Crippen molar-refractivity contribution in [3.63, 3.8) is 0 Å². The number of nitrogens with one attached hydrogen (secondary N) is 1. The van der Waals surface area contributed by atoms with Gasteiger partial charge in [0.15, 0.2) is 9.84 Å². The summed E-state index contributed by atoms with van der Waals surface area (Å²) in [5.41, 5.74) is 0. The number of hydrogen-bond donors (Lipinski definition) is 1. The lowest BCUT2D eigenvalue weighted by Gasteiger charge is -2.24. The van der Waals surface area contributed by atoms with E-state index in [9.17, 15) is 26.0 Å². The molecule has 1 unspecified atom stereocenters. The van der Waals surface area contributed by atoms with Gasteiger partial charge in [-0.3, -0.25) is 4.79 Å². The van der Waals surface area contributed by atoms with E-state index < -0.39 is 31.7 Å². The molecule has 30 heavy (non-hydrogen) atoms. The van der Waals surface area contributed by atoms with Gasteiger partial charge in [-0.15, -0.1) is 0 Å². The summed E-state index contributed by atoms with van der Waals surface area (Å²) in [6, 6.07) is 12.2. The van der Waals surface area contributed by atoms with E-state index in [-0.39, 0.29) is 34.4 Å². The van der Waals surface area contributed by atoms with Crippen molar-refractivity contribution in [2.24, 2.45) is 0 Å². The van der Waals surface area contributed by atoms with Crippen molar-refractivity contribution >= 4 is 25.8 Å². The highest BCUT2D eigenvalue weighted by atomic mass is 32.2. The summed E-state index contributed by atoms with van der Waals surface area (Å²) in [5, 5.41) is 0. The maximum Gasteiger partial charge on any atom is 0.240 e. The normalized spacial score (nSPS) is 17.2. The molecule has 0 bridgehead atoms. The Morgan fingerprint density at radius 1 is 1.03 bits per heavy atom. The van der Waals surface area contributed by atoms with Crippen LogP contribution in [0.15, 0.2) is 64.4 Å². The lowest BCUT2D eigenvalue weighted by Crippen LogP contribution is -2.41. The van der Waals surface area contributed by atoms with Gasteiger partial charge in [0.2, 0.25) is 15.9 Å². The number of sulfonamides is 1. The minimum Gasteiger partial charge on any atom is -0.339 e. The molecule has 1 heterocycles. The van der Waals surface area contributed by atoms with Crippen LogP contribution in [0.1, 0.15) is 19.3 Å². The van der Waals surface area contributed by atoms with E-state index in [0.717, 1.165) is 12.1 Å². The number of hydrogen-bond acceptors (Lipinski definition) is 5. The number of sulfone groups is 1. The number of nitrogens with zero attached hydrogens (tertiary/aromatic N) is 1. The van der Waals surface area contributed by atoms with Crippen molar-refractivity contribution in [3.8, 4) is 0 Å². The number of benzene rings is 2. The molecule has 0 aliphatic carbocycles. The van der Waals surface area contributed by atoms with Crippen molar-refractivity contribution in [3.05, 3.63) is 60.4 Å². The van der Waals surface area contributed by atoms with Gasteiger partial charge in [-0.05, 0) is 43.2 Å². The minimum absolute atomic E-state index is 0.115. The molecule has 7 nitrogen and oxygen atoms in total. The zero-order valence-electron chi connectivity index (χ0n) is 16.2. The van der Waals surface area contributed by atoms with Crippen LogP contribution >= 0.6 is 0 Å². The number of carbonyl (C=O) groups excluding carboxylic acids is 1. The standard InChI is InChI=1S/C20H23FN2O5S2/c21-16-6-4-10-19(14-16)30(27,28)22-12-11-20(24)23-13-5-7-17(23)15-29(25,26)18-8-2-1-3-9-18/h1-4,6,8-10,14,17,22H,5,7,11-13,15H2. The second kappa shape index (κ2) is 9.23. The average molecular weight is 455 g/mol. The van der Waals surface area contributed by atoms with Gasteiger partial charge < -0.3 is 4.90 Å². The Kier molecular flexibility index (Phi) is 6.89. The maximum atomic E-state index is 13.3. The van der Waals surface area contributed by atoms with Gasteiger partial charge >= 0.3 is 0 Å². The van der Waals surface area contributed by atoms with Crippen LogP contribution < -0.4 is 4.72 Å². The summed E-state index contributed by atoms with van der Waals surface area (Å²) in [4.78, 5) is 14.1. The highest BCUT2D eigenvalue weighted by Gasteiger charge is 2.32. The molecule has 2 aromatic rings. The van der Waals surface area contributed by atoms with Crippen LogP contribution in [0.5, 0.6) is 0 Å². The van der Waals surface area contributed by atoms with Crippen LogP contribution in [-0.2, 0) is 24.7 Å². The van der Waals surface area contributed by atoms with E-state index in [2.05, 4.69) is 4.72 Å². The van der Waals surface area contributed by atoms with Crippen LogP contribution in [-0.4, -0.2) is 52.5 Å². The Bertz CT molecular complexity index is 1110. The number of carbonyl (C=O) groups is 1. The van der Waals surface area contributed by atoms with E-state index in [4.69, 9.17) is 0 Å². The average Bonchev–Trinajstić information content (AvgIpc) is 3.16. The zero-order chi connectivity index (χ0) is 21.8. The Morgan fingerprint density at radius 2 is 1.73 bits per heavy atom. The third-order valence-corrected chi connectivity index (χ3v) is 8.22. The number of halogens is 1. The van der Waals surface area contributed by atoms with Gasteiger partial charge in [-0.2, -0.15) is 0 Å². The van der Waals surface area contributed by atoms with Gasteiger partial charge in [-0.25, -0.2) is 25.9 Å². The second-order valence-corrected chi connectivity index (χ2v) is 10.9. The molecule has 2 aromatic carbocycles. The van der Waals surface area contributed by atoms with Crippen molar-refractivity contribution in [2.75, 3.05) is 18.8 Å². The molecule has 3 rings (SSSR count). The van der Waals surface area contributed by atoms with Gasteiger partial charge in [0, 0.05) is 25.6 Å². The van der Waals surface area contributed by atoms with Gasteiger partial charge in [0.05, 0.1) is 15.5 Å². The van der Waals surface area contributed by atoms with Crippen molar-refractivity contribution in [1.29, 1.82) is 0 Å². The Labute approximate surface area is 175 Å². The van der Waals surface area contributed by atoms with E-state index >= 15 is 0 Å². The lowest BCUT2D eigenvalue weighted by atomic mass is 10.2. The first kappa shape index (κ1) is 22.4. The summed E-state index contributed by atoms with van der Waals surface area (Å²) in [5.74, 6) is -1.16. The topological polar surface area (TPSA) is 101 Å². The third-order valence-electron chi connectivity index (χ3n) is 4.95. The molecule has 1 N–H and O–H groups in total. The van der Waals surface area contributed by atoms with Crippen LogP contribution in [0.4, 0.5) is 4.39 Å². The van der Waals surface area contributed by atoms with E-state index in [1.54, 1.807) is 18.2 Å². The highest BCUT2D eigenvalue weighted by molar-refractivity contribution is 7.91. The summed E-state index contributed by atoms with van der Waals surface area (Å²) in [6.07, 6.45) is 1.15. The van der Waals surface area contributed by atoms with Gasteiger partial charge in [-0.1, -0.05) is 24.3 Å². The Balaban J connectivity index is 1.58. The highest BCUT2D eigenvalue weighted by Crippen LogP contribution is 2.23. The molecule has 1 aliphatic heterocycles. The molecule has 0 spiro atoms. The zero-order valence-corrected chi connectivity index (χ0v) is 17.8. The van der Waals surface area contributed by atoms with E-state index in [0.29, 0.717) is 19.4 Å². The third kappa shape index (κ3) is 5.44. The smallest absolute Gasteiger partial charge is 0.240 e. The number of amides is 1. The van der Waals surface area contributed by atoms with Crippen molar-refractivity contribution < 1.29 is 26.0 Å². The van der Waals surface area contributed by atoms with E-state index in [1.165, 1.54) is 29.2 Å². The van der Waals surface area contributed by atoms with Crippen LogP contribution in [0.2, 0.25) is 0 Å². The first-order valence-corrected chi connectivity index (χ1v) is 12.6. The molecule has 0 radical (unpaired) electrons. The van der Waals surface area contributed by atoms with Gasteiger partial charge in [0.25, 0.3) is 0 Å². The van der Waals surface area contributed by atoms with Crippen molar-refractivity contribution in [2.45, 2.75) is 35.1 Å². The Hall–Kier alpha value is -2.30. The molecule has 162 valence electrons. The predicted molar refractivity (Wildman–Crippen MR) is 109 cm³/mol. The Morgan fingerprint density at radius 3 is 2.43 bits per heavy atom. The SMILES string of the molecule is O=C(CCNS(=O)(=O)c1cccc(F)c1)N1CCCC1CS(=O)(=O)c1ccccc1. The molecule has 1 saturated heterocycles. The van der Waals surface area contributed by atoms with Crippen LogP contribution in [0.25, 0.3) is 0 Å². The van der Waals surface area contributed by atoms with Crippen molar-refractivity contribution in [1.82, 2.24) is 9.62 Å². The summed E-state index contributed by atoms with van der Waals surface area (Å²) in [7, 11) is -7.47. The molecular formula is C20H23FN2O5S2. The summed E-state index contributed by atoms with van der Waals surface area (Å²) < 4.78 is 65.2. The second-order valence-electron chi connectivity index (χ2n) is 7.08. The molecule has 1 aliphatic rings. The monoisotopic (exact) mass is 454 g/mol. The minimum atomic E-state index is -3.94. The molecule has 0 saturated carbocycles. The molecule has 1 amide bonds. The molecule has 10 heteroatoms. The molecular weight excluding hydrogens is 431 g/mol. The van der Waals surface area contributed by atoms with E-state index in [1.807, 2.05) is 0 Å². The molecule has 0 aromatic heterocycles. The molecule has 1 fully saturated rings. The first-order chi connectivity index (χ1) is 14.2. The quantitative estimate of drug-likeness (QED) is 0.657. The fraction of sp³-hybridized carbons (Fsp3) is 0.350. The fourth-order valence-electron chi connectivity index (χ4n) is 3.47. The predicted octanol–water partition coefficient (Wildman–Crippen LogP) is 1.96. The van der Waals surface area contributed by atoms with Crippen LogP contribution in [0, 0.1) is 5.82 Å². The fourth-order valence-corrected chi connectivity index (χ4v) is 6.15. The number of rotatable bonds is 8. The molecule has 1 atom stereocenters. The first-order valence-electron chi connectivity index (χ1n) is 9.51. The summed E-state index contributed by atoms with van der Waals surface area (Å²) >= 11 is 0. The largest absolute Gasteiger partial charge is 0.339 e. The lowest BCUT2D eigenvalue weighted by molar-refractivity contribution is -0.131. The summed E-state index contributed by atoms with van der Waals surface area (Å²) in [6.45, 7) is 0.275.